The molecule has 1 aromatic heterocycles. The van der Waals surface area contributed by atoms with Crippen molar-refractivity contribution in [1.29, 1.82) is 0 Å². The van der Waals surface area contributed by atoms with Crippen molar-refractivity contribution in [2.45, 2.75) is 32.9 Å². The summed E-state index contributed by atoms with van der Waals surface area (Å²) >= 11 is 0. The number of rotatable bonds is 7. The maximum atomic E-state index is 5.50. The molecule has 2 rings (SSSR count). The normalized spacial score (nSPS) is 11.3. The molecule has 0 aliphatic carbocycles. The van der Waals surface area contributed by atoms with E-state index in [0.717, 1.165) is 31.6 Å². The summed E-state index contributed by atoms with van der Waals surface area (Å²) in [6.45, 7) is 6.84. The van der Waals surface area contributed by atoms with Gasteiger partial charge in [-0.2, -0.15) is 0 Å². The summed E-state index contributed by atoms with van der Waals surface area (Å²) in [4.78, 5) is 4.32. The highest BCUT2D eigenvalue weighted by Gasteiger charge is 1.97. The molecule has 3 heteroatoms. The summed E-state index contributed by atoms with van der Waals surface area (Å²) in [5.74, 6) is 0. The van der Waals surface area contributed by atoms with Crippen molar-refractivity contribution in [2.75, 3.05) is 13.2 Å². The van der Waals surface area contributed by atoms with E-state index in [9.17, 15) is 0 Å². The molecule has 0 fully saturated rings. The Morgan fingerprint density at radius 1 is 1.26 bits per heavy atom. The van der Waals surface area contributed by atoms with Crippen LogP contribution in [0.3, 0.4) is 0 Å². The predicted molar refractivity (Wildman–Crippen MR) is 79.2 cm³/mol. The first-order valence-electron chi connectivity index (χ1n) is 6.91. The molecular weight excluding hydrogens is 236 g/mol. The van der Waals surface area contributed by atoms with Crippen molar-refractivity contribution in [2.24, 2.45) is 0 Å². The highest BCUT2D eigenvalue weighted by molar-refractivity contribution is 5.78. The molecule has 0 bridgehead atoms. The Hall–Kier alpha value is -1.45. The fourth-order valence-electron chi connectivity index (χ4n) is 1.98. The average Bonchev–Trinajstić information content (AvgIpc) is 2.42. The van der Waals surface area contributed by atoms with Crippen molar-refractivity contribution in [3.63, 3.8) is 0 Å². The second-order valence-electron chi connectivity index (χ2n) is 4.98. The number of aromatic nitrogens is 1. The molecule has 0 radical (unpaired) electrons. The van der Waals surface area contributed by atoms with Gasteiger partial charge in [0, 0.05) is 24.7 Å². The van der Waals surface area contributed by atoms with Gasteiger partial charge in [-0.15, -0.1) is 0 Å². The molecule has 0 aliphatic heterocycles. The molecule has 3 nitrogen and oxygen atoms in total. The van der Waals surface area contributed by atoms with Crippen LogP contribution in [-0.2, 0) is 11.3 Å². The van der Waals surface area contributed by atoms with Crippen LogP contribution in [0.5, 0.6) is 0 Å². The molecule has 0 saturated heterocycles. The van der Waals surface area contributed by atoms with Crippen molar-refractivity contribution in [1.82, 2.24) is 10.3 Å². The third-order valence-electron chi connectivity index (χ3n) is 2.95. The van der Waals surface area contributed by atoms with Crippen LogP contribution >= 0.6 is 0 Å². The summed E-state index contributed by atoms with van der Waals surface area (Å²) in [5.41, 5.74) is 2.35. The maximum absolute atomic E-state index is 5.50. The lowest BCUT2D eigenvalue weighted by molar-refractivity contribution is 0.0770. The maximum Gasteiger partial charge on any atom is 0.0702 e. The number of benzene rings is 1. The van der Waals surface area contributed by atoms with E-state index >= 15 is 0 Å². The first-order chi connectivity index (χ1) is 9.25. The van der Waals surface area contributed by atoms with E-state index in [1.165, 1.54) is 10.9 Å². The van der Waals surface area contributed by atoms with Crippen LogP contribution in [0.25, 0.3) is 10.9 Å². The molecule has 0 aliphatic rings. The van der Waals surface area contributed by atoms with Gasteiger partial charge in [-0.25, -0.2) is 0 Å². The lowest BCUT2D eigenvalue weighted by Crippen LogP contribution is -2.17. The van der Waals surface area contributed by atoms with Crippen molar-refractivity contribution >= 4 is 10.9 Å². The van der Waals surface area contributed by atoms with E-state index in [2.05, 4.69) is 48.4 Å². The van der Waals surface area contributed by atoms with Gasteiger partial charge in [0.15, 0.2) is 0 Å². The van der Waals surface area contributed by atoms with Crippen LogP contribution in [0, 0.1) is 0 Å². The third kappa shape index (κ3) is 4.62. The largest absolute Gasteiger partial charge is 0.379 e. The highest BCUT2D eigenvalue weighted by atomic mass is 16.5. The molecule has 19 heavy (non-hydrogen) atoms. The molecule has 1 heterocycles. The number of nitrogens with zero attached hydrogens (tertiary/aromatic N) is 1. The van der Waals surface area contributed by atoms with E-state index < -0.39 is 0 Å². The van der Waals surface area contributed by atoms with E-state index in [1.807, 2.05) is 12.3 Å². The summed E-state index contributed by atoms with van der Waals surface area (Å²) in [7, 11) is 0. The molecule has 102 valence electrons. The SMILES string of the molecule is CC(C)OCCCNCc1ccc2ncccc2c1. The zero-order valence-electron chi connectivity index (χ0n) is 11.7. The van der Waals surface area contributed by atoms with Gasteiger partial charge in [0.1, 0.15) is 0 Å². The summed E-state index contributed by atoms with van der Waals surface area (Å²) in [6, 6.07) is 10.5. The molecule has 2 aromatic rings. The quantitative estimate of drug-likeness (QED) is 0.775. The zero-order chi connectivity index (χ0) is 13.5. The number of hydrogen-bond donors (Lipinski definition) is 1. The molecule has 1 N–H and O–H groups in total. The third-order valence-corrected chi connectivity index (χ3v) is 2.95. The lowest BCUT2D eigenvalue weighted by atomic mass is 10.1. The topological polar surface area (TPSA) is 34.1 Å². The predicted octanol–water partition coefficient (Wildman–Crippen LogP) is 3.14. The number of ether oxygens (including phenoxy) is 1. The van der Waals surface area contributed by atoms with Crippen molar-refractivity contribution in [3.05, 3.63) is 42.1 Å². The fraction of sp³-hybridized carbons (Fsp3) is 0.438. The number of pyridine rings is 1. The van der Waals surface area contributed by atoms with E-state index in [4.69, 9.17) is 4.74 Å². The molecular formula is C16H22N2O. The van der Waals surface area contributed by atoms with Gasteiger partial charge in [-0.3, -0.25) is 4.98 Å². The minimum absolute atomic E-state index is 0.327. The monoisotopic (exact) mass is 258 g/mol. The Bertz CT molecular complexity index is 511. The molecule has 0 amide bonds. The smallest absolute Gasteiger partial charge is 0.0702 e. The molecule has 1 aromatic carbocycles. The van der Waals surface area contributed by atoms with E-state index in [0.29, 0.717) is 6.10 Å². The average molecular weight is 258 g/mol. The Balaban J connectivity index is 1.75. The van der Waals surface area contributed by atoms with Gasteiger partial charge in [0.25, 0.3) is 0 Å². The summed E-state index contributed by atoms with van der Waals surface area (Å²) in [6.07, 6.45) is 3.20. The second-order valence-corrected chi connectivity index (χ2v) is 4.98. The van der Waals surface area contributed by atoms with Crippen molar-refractivity contribution < 1.29 is 4.74 Å². The van der Waals surface area contributed by atoms with E-state index in [-0.39, 0.29) is 0 Å². The second kappa shape index (κ2) is 7.22. The Kier molecular flexibility index (Phi) is 5.31. The Morgan fingerprint density at radius 2 is 2.16 bits per heavy atom. The minimum atomic E-state index is 0.327. The first-order valence-corrected chi connectivity index (χ1v) is 6.91. The van der Waals surface area contributed by atoms with Crippen LogP contribution in [0.4, 0.5) is 0 Å². The molecule has 0 atom stereocenters. The summed E-state index contributed by atoms with van der Waals surface area (Å²) in [5, 5.41) is 4.64. The number of fused-ring (bicyclic) bond motifs is 1. The van der Waals surface area contributed by atoms with Gasteiger partial charge in [0.05, 0.1) is 11.6 Å². The van der Waals surface area contributed by atoms with Gasteiger partial charge in [-0.1, -0.05) is 12.1 Å². The first kappa shape index (κ1) is 14.0. The molecule has 0 spiro atoms. The van der Waals surface area contributed by atoms with Crippen LogP contribution in [0.1, 0.15) is 25.8 Å². The van der Waals surface area contributed by atoms with Crippen LogP contribution in [0.15, 0.2) is 36.5 Å². The van der Waals surface area contributed by atoms with Crippen LogP contribution < -0.4 is 5.32 Å². The van der Waals surface area contributed by atoms with Gasteiger partial charge in [0.2, 0.25) is 0 Å². The Labute approximate surface area is 115 Å². The zero-order valence-corrected chi connectivity index (χ0v) is 11.7. The molecule has 0 unspecified atom stereocenters. The highest BCUT2D eigenvalue weighted by Crippen LogP contribution is 2.12. The van der Waals surface area contributed by atoms with Crippen molar-refractivity contribution in [3.8, 4) is 0 Å². The van der Waals surface area contributed by atoms with Crippen LogP contribution in [0.2, 0.25) is 0 Å². The fourth-order valence-corrected chi connectivity index (χ4v) is 1.98. The van der Waals surface area contributed by atoms with Crippen LogP contribution in [-0.4, -0.2) is 24.2 Å². The van der Waals surface area contributed by atoms with Gasteiger partial charge < -0.3 is 10.1 Å². The van der Waals surface area contributed by atoms with Gasteiger partial charge >= 0.3 is 0 Å². The standard InChI is InChI=1S/C16H22N2O/c1-13(2)19-10-4-8-17-12-14-6-7-16-15(11-14)5-3-9-18-16/h3,5-7,9,11,13,17H,4,8,10,12H2,1-2H3. The van der Waals surface area contributed by atoms with Gasteiger partial charge in [-0.05, 0) is 50.6 Å². The Morgan fingerprint density at radius 3 is 3.00 bits per heavy atom. The lowest BCUT2D eigenvalue weighted by Gasteiger charge is -2.08. The minimum Gasteiger partial charge on any atom is -0.379 e. The summed E-state index contributed by atoms with van der Waals surface area (Å²) < 4.78 is 5.50. The van der Waals surface area contributed by atoms with E-state index in [1.54, 1.807) is 0 Å². The number of nitrogens with one attached hydrogen (secondary N) is 1. The number of hydrogen-bond acceptors (Lipinski definition) is 3. The molecule has 0 saturated carbocycles.